The Balaban J connectivity index is 2.98. The van der Waals surface area contributed by atoms with Crippen LogP contribution in [0.15, 0.2) is 6.20 Å². The second-order valence-corrected chi connectivity index (χ2v) is 6.77. The zero-order valence-corrected chi connectivity index (χ0v) is 14.1. The third-order valence-electron chi connectivity index (χ3n) is 2.77. The fraction of sp³-hybridized carbons (Fsp3) is 0.643. The van der Waals surface area contributed by atoms with E-state index < -0.39 is 10.8 Å². The third kappa shape index (κ3) is 5.41. The molecule has 1 aromatic heterocycles. The quantitative estimate of drug-likeness (QED) is 0.797. The second kappa shape index (κ2) is 8.07. The largest absolute Gasteiger partial charge is 0.382 e. The molecule has 1 amide bonds. The first-order chi connectivity index (χ1) is 9.85. The number of amides is 1. The number of hydrogen-bond donors (Lipinski definition) is 2. The summed E-state index contributed by atoms with van der Waals surface area (Å²) in [6.07, 6.45) is 3.26. The molecule has 1 rings (SSSR count). The van der Waals surface area contributed by atoms with Gasteiger partial charge in [0.2, 0.25) is 0 Å². The van der Waals surface area contributed by atoms with Crippen molar-refractivity contribution in [2.24, 2.45) is 0 Å². The number of nitrogens with one attached hydrogen (secondary N) is 2. The monoisotopic (exact) mass is 312 g/mol. The molecule has 0 saturated heterocycles. The maximum Gasteiger partial charge on any atom is 0.272 e. The highest BCUT2D eigenvalue weighted by molar-refractivity contribution is 7.84. The molecular weight excluding hydrogens is 288 g/mol. The molecule has 0 aliphatic rings. The Morgan fingerprint density at radius 2 is 2.05 bits per heavy atom. The van der Waals surface area contributed by atoms with E-state index in [0.29, 0.717) is 29.5 Å². The van der Waals surface area contributed by atoms with Crippen LogP contribution >= 0.6 is 0 Å². The Morgan fingerprint density at radius 1 is 1.38 bits per heavy atom. The Hall–Kier alpha value is -1.50. The van der Waals surface area contributed by atoms with Gasteiger partial charge in [-0.2, -0.15) is 0 Å². The number of nitrogens with zero attached hydrogens (tertiary/aromatic N) is 2. The standard InChI is InChI=1S/C14H24N4O2S/c1-6-15-11-7-16-13(9(2)3)18-12(11)14(19)17-10(4)8-21(5)20/h7,9-10,15H,6,8H2,1-5H3,(H,17,19). The molecule has 2 N–H and O–H groups in total. The average molecular weight is 312 g/mol. The number of carbonyl (C=O) groups excluding carboxylic acids is 1. The van der Waals surface area contributed by atoms with E-state index in [9.17, 15) is 9.00 Å². The molecule has 1 aromatic rings. The van der Waals surface area contributed by atoms with Crippen LogP contribution in [0.2, 0.25) is 0 Å². The molecule has 0 spiro atoms. The van der Waals surface area contributed by atoms with Gasteiger partial charge in [0.25, 0.3) is 5.91 Å². The van der Waals surface area contributed by atoms with Crippen LogP contribution in [-0.4, -0.2) is 44.7 Å². The van der Waals surface area contributed by atoms with Crippen LogP contribution in [0.3, 0.4) is 0 Å². The molecule has 0 aromatic carbocycles. The van der Waals surface area contributed by atoms with Crippen molar-refractivity contribution in [2.75, 3.05) is 23.9 Å². The number of aromatic nitrogens is 2. The van der Waals surface area contributed by atoms with Gasteiger partial charge in [0.1, 0.15) is 5.82 Å². The predicted molar refractivity (Wildman–Crippen MR) is 86.1 cm³/mol. The smallest absolute Gasteiger partial charge is 0.272 e. The number of anilines is 1. The summed E-state index contributed by atoms with van der Waals surface area (Å²) in [7, 11) is -0.952. The van der Waals surface area contributed by atoms with Crippen molar-refractivity contribution in [1.29, 1.82) is 0 Å². The maximum atomic E-state index is 12.4. The molecule has 0 bridgehead atoms. The Bertz CT molecular complexity index is 520. The molecule has 0 fully saturated rings. The average Bonchev–Trinajstić information content (AvgIpc) is 2.37. The van der Waals surface area contributed by atoms with Crippen LogP contribution in [0.5, 0.6) is 0 Å². The molecule has 21 heavy (non-hydrogen) atoms. The van der Waals surface area contributed by atoms with E-state index in [1.54, 1.807) is 12.5 Å². The minimum atomic E-state index is -0.952. The molecule has 0 aliphatic heterocycles. The van der Waals surface area contributed by atoms with Crippen molar-refractivity contribution in [3.8, 4) is 0 Å². The van der Waals surface area contributed by atoms with Crippen LogP contribution in [-0.2, 0) is 10.8 Å². The summed E-state index contributed by atoms with van der Waals surface area (Å²) < 4.78 is 11.2. The summed E-state index contributed by atoms with van der Waals surface area (Å²) in [5, 5.41) is 5.92. The fourth-order valence-corrected chi connectivity index (χ4v) is 2.64. The normalized spacial score (nSPS) is 13.8. The van der Waals surface area contributed by atoms with E-state index in [0.717, 1.165) is 0 Å². The van der Waals surface area contributed by atoms with E-state index in [4.69, 9.17) is 0 Å². The van der Waals surface area contributed by atoms with Gasteiger partial charge in [-0.05, 0) is 13.8 Å². The molecule has 0 saturated carbocycles. The van der Waals surface area contributed by atoms with E-state index >= 15 is 0 Å². The first kappa shape index (κ1) is 17.6. The van der Waals surface area contributed by atoms with Crippen molar-refractivity contribution in [3.05, 3.63) is 17.7 Å². The summed E-state index contributed by atoms with van der Waals surface area (Å²) in [5.41, 5.74) is 0.952. The molecule has 7 heteroatoms. The Morgan fingerprint density at radius 3 is 2.57 bits per heavy atom. The minimum Gasteiger partial charge on any atom is -0.382 e. The zero-order chi connectivity index (χ0) is 16.0. The third-order valence-corrected chi connectivity index (χ3v) is 3.74. The van der Waals surface area contributed by atoms with Crippen LogP contribution in [0.1, 0.15) is 49.9 Å². The summed E-state index contributed by atoms with van der Waals surface area (Å²) in [6, 6.07) is -0.171. The van der Waals surface area contributed by atoms with Crippen LogP contribution < -0.4 is 10.6 Å². The van der Waals surface area contributed by atoms with Gasteiger partial charge in [-0.25, -0.2) is 9.97 Å². The highest BCUT2D eigenvalue weighted by Crippen LogP contribution is 2.16. The van der Waals surface area contributed by atoms with Crippen LogP contribution in [0.25, 0.3) is 0 Å². The molecule has 0 radical (unpaired) electrons. The highest BCUT2D eigenvalue weighted by Gasteiger charge is 2.18. The second-order valence-electron chi connectivity index (χ2n) is 5.29. The molecule has 6 nitrogen and oxygen atoms in total. The molecule has 0 aliphatic carbocycles. The lowest BCUT2D eigenvalue weighted by Gasteiger charge is -2.15. The van der Waals surface area contributed by atoms with Crippen molar-refractivity contribution in [3.63, 3.8) is 0 Å². The Labute approximate surface area is 128 Å². The van der Waals surface area contributed by atoms with Crippen molar-refractivity contribution < 1.29 is 9.00 Å². The van der Waals surface area contributed by atoms with Gasteiger partial charge in [-0.1, -0.05) is 13.8 Å². The lowest BCUT2D eigenvalue weighted by atomic mass is 10.2. The highest BCUT2D eigenvalue weighted by atomic mass is 32.2. The van der Waals surface area contributed by atoms with E-state index in [1.165, 1.54) is 0 Å². The van der Waals surface area contributed by atoms with Gasteiger partial charge >= 0.3 is 0 Å². The number of rotatable bonds is 7. The summed E-state index contributed by atoms with van der Waals surface area (Å²) in [4.78, 5) is 21.0. The fourth-order valence-electron chi connectivity index (χ4n) is 1.85. The Kier molecular flexibility index (Phi) is 6.74. The van der Waals surface area contributed by atoms with E-state index in [2.05, 4.69) is 20.6 Å². The van der Waals surface area contributed by atoms with Gasteiger partial charge in [0.15, 0.2) is 5.69 Å². The van der Waals surface area contributed by atoms with Gasteiger partial charge in [-0.15, -0.1) is 0 Å². The SMILES string of the molecule is CCNc1cnc(C(C)C)nc1C(=O)NC(C)CS(C)=O. The summed E-state index contributed by atoms with van der Waals surface area (Å²) >= 11 is 0. The number of hydrogen-bond acceptors (Lipinski definition) is 5. The van der Waals surface area contributed by atoms with Crippen LogP contribution in [0, 0.1) is 0 Å². The molecular formula is C14H24N4O2S. The van der Waals surface area contributed by atoms with Crippen molar-refractivity contribution in [2.45, 2.75) is 39.7 Å². The van der Waals surface area contributed by atoms with Crippen molar-refractivity contribution in [1.82, 2.24) is 15.3 Å². The van der Waals surface area contributed by atoms with E-state index in [-0.39, 0.29) is 17.9 Å². The van der Waals surface area contributed by atoms with Gasteiger partial charge < -0.3 is 10.6 Å². The van der Waals surface area contributed by atoms with Crippen molar-refractivity contribution >= 4 is 22.4 Å². The minimum absolute atomic E-state index is 0.146. The lowest BCUT2D eigenvalue weighted by Crippen LogP contribution is -2.37. The van der Waals surface area contributed by atoms with Crippen LogP contribution in [0.4, 0.5) is 5.69 Å². The van der Waals surface area contributed by atoms with Gasteiger partial charge in [-0.3, -0.25) is 9.00 Å². The summed E-state index contributed by atoms with van der Waals surface area (Å²) in [6.45, 7) is 8.41. The summed E-state index contributed by atoms with van der Waals surface area (Å²) in [5.74, 6) is 0.930. The first-order valence-electron chi connectivity index (χ1n) is 7.06. The maximum absolute atomic E-state index is 12.4. The molecule has 2 unspecified atom stereocenters. The topological polar surface area (TPSA) is 84.0 Å². The first-order valence-corrected chi connectivity index (χ1v) is 8.79. The van der Waals surface area contributed by atoms with E-state index in [1.807, 2.05) is 27.7 Å². The van der Waals surface area contributed by atoms with Gasteiger partial charge in [0, 0.05) is 41.3 Å². The zero-order valence-electron chi connectivity index (χ0n) is 13.3. The molecule has 118 valence electrons. The molecule has 2 atom stereocenters. The predicted octanol–water partition coefficient (Wildman–Crippen LogP) is 1.53. The number of carbonyl (C=O) groups is 1. The lowest BCUT2D eigenvalue weighted by molar-refractivity contribution is 0.0939. The van der Waals surface area contributed by atoms with Gasteiger partial charge in [0.05, 0.1) is 11.9 Å². The molecule has 1 heterocycles.